The van der Waals surface area contributed by atoms with Crippen LogP contribution in [0.4, 0.5) is 5.69 Å². The van der Waals surface area contributed by atoms with E-state index in [0.29, 0.717) is 0 Å². The first-order valence-electron chi connectivity index (χ1n) is 7.58. The predicted molar refractivity (Wildman–Crippen MR) is 94.5 cm³/mol. The Balaban J connectivity index is 2.11. The molecule has 0 amide bonds. The van der Waals surface area contributed by atoms with Crippen molar-refractivity contribution in [1.82, 2.24) is 5.32 Å². The quantitative estimate of drug-likeness (QED) is 0.850. The van der Waals surface area contributed by atoms with Gasteiger partial charge in [-0.25, -0.2) is 0 Å². The molecule has 2 rings (SSSR count). The second-order valence-electron chi connectivity index (χ2n) is 5.78. The van der Waals surface area contributed by atoms with Gasteiger partial charge < -0.3 is 10.2 Å². The van der Waals surface area contributed by atoms with Gasteiger partial charge in [0.2, 0.25) is 0 Å². The molecule has 0 unspecified atom stereocenters. The van der Waals surface area contributed by atoms with E-state index >= 15 is 0 Å². The number of anilines is 1. The third-order valence-electron chi connectivity index (χ3n) is 3.68. The highest BCUT2D eigenvalue weighted by Crippen LogP contribution is 2.25. The molecule has 2 nitrogen and oxygen atoms in total. The summed E-state index contributed by atoms with van der Waals surface area (Å²) in [4.78, 5) is 5.20. The fourth-order valence-corrected chi connectivity index (χ4v) is 3.62. The molecule has 3 heteroatoms. The Labute approximate surface area is 132 Å². The van der Waals surface area contributed by atoms with Crippen LogP contribution in [0.1, 0.15) is 33.4 Å². The zero-order valence-electron chi connectivity index (χ0n) is 13.8. The van der Waals surface area contributed by atoms with E-state index in [1.165, 1.54) is 32.1 Å². The topological polar surface area (TPSA) is 15.3 Å². The molecular weight excluding hydrogens is 276 g/mol. The molecule has 114 valence electrons. The number of hydrogen-bond donors (Lipinski definition) is 1. The molecule has 21 heavy (non-hydrogen) atoms. The smallest absolute Gasteiger partial charge is 0.0437 e. The van der Waals surface area contributed by atoms with Crippen LogP contribution in [0.5, 0.6) is 0 Å². The number of hydrogen-bond acceptors (Lipinski definition) is 3. The molecule has 0 saturated carbocycles. The van der Waals surface area contributed by atoms with E-state index in [-0.39, 0.29) is 0 Å². The normalized spacial score (nSPS) is 10.9. The van der Waals surface area contributed by atoms with Gasteiger partial charge in [0, 0.05) is 35.6 Å². The third-order valence-corrected chi connectivity index (χ3v) is 4.77. The summed E-state index contributed by atoms with van der Waals surface area (Å²) < 4.78 is 0. The second-order valence-corrected chi connectivity index (χ2v) is 7.12. The summed E-state index contributed by atoms with van der Waals surface area (Å²) in [5.74, 6) is 0. The lowest BCUT2D eigenvalue weighted by atomic mass is 10.1. The third kappa shape index (κ3) is 4.32. The van der Waals surface area contributed by atoms with Crippen molar-refractivity contribution in [2.24, 2.45) is 0 Å². The fourth-order valence-electron chi connectivity index (χ4n) is 2.60. The van der Waals surface area contributed by atoms with Gasteiger partial charge in [0.25, 0.3) is 0 Å². The minimum Gasteiger partial charge on any atom is -0.370 e. The molecule has 0 spiro atoms. The standard InChI is InChI=1S/C18H26N2S/c1-6-19-11-18-10-16(15(4)21-18)12-20(5)17-8-13(2)7-14(3)9-17/h7-10,19H,6,11-12H2,1-5H3. The highest BCUT2D eigenvalue weighted by molar-refractivity contribution is 7.12. The molecule has 2 aromatic rings. The highest BCUT2D eigenvalue weighted by Gasteiger charge is 2.09. The van der Waals surface area contributed by atoms with Crippen molar-refractivity contribution in [3.8, 4) is 0 Å². The van der Waals surface area contributed by atoms with Gasteiger partial charge in [0.15, 0.2) is 0 Å². The Morgan fingerprint density at radius 1 is 1.05 bits per heavy atom. The van der Waals surface area contributed by atoms with Crippen molar-refractivity contribution in [2.75, 3.05) is 18.5 Å². The summed E-state index contributed by atoms with van der Waals surface area (Å²) in [6.07, 6.45) is 0. The molecule has 0 fully saturated rings. The van der Waals surface area contributed by atoms with Crippen LogP contribution >= 0.6 is 11.3 Å². The maximum Gasteiger partial charge on any atom is 0.0437 e. The molecule has 0 radical (unpaired) electrons. The molecule has 1 aromatic carbocycles. The van der Waals surface area contributed by atoms with Gasteiger partial charge >= 0.3 is 0 Å². The van der Waals surface area contributed by atoms with Crippen LogP contribution in [0, 0.1) is 20.8 Å². The Morgan fingerprint density at radius 2 is 1.71 bits per heavy atom. The molecule has 0 aliphatic heterocycles. The lowest BCUT2D eigenvalue weighted by molar-refractivity contribution is 0.735. The molecule has 1 N–H and O–H groups in total. The van der Waals surface area contributed by atoms with Crippen LogP contribution in [-0.2, 0) is 13.1 Å². The maximum atomic E-state index is 3.40. The van der Waals surface area contributed by atoms with Crippen LogP contribution in [0.2, 0.25) is 0 Å². The summed E-state index contributed by atoms with van der Waals surface area (Å²) in [5, 5.41) is 3.40. The van der Waals surface area contributed by atoms with Crippen LogP contribution < -0.4 is 10.2 Å². The predicted octanol–water partition coefficient (Wildman–Crippen LogP) is 4.42. The van der Waals surface area contributed by atoms with Gasteiger partial charge in [-0.1, -0.05) is 13.0 Å². The Bertz CT molecular complexity index is 581. The SMILES string of the molecule is CCNCc1cc(CN(C)c2cc(C)cc(C)c2)c(C)s1. The van der Waals surface area contributed by atoms with E-state index in [2.05, 4.69) is 69.2 Å². The summed E-state index contributed by atoms with van der Waals surface area (Å²) in [7, 11) is 2.18. The average molecular weight is 302 g/mol. The molecule has 0 atom stereocenters. The first-order valence-corrected chi connectivity index (χ1v) is 8.39. The fraction of sp³-hybridized carbons (Fsp3) is 0.444. The molecule has 1 aromatic heterocycles. The molecule has 0 aliphatic rings. The van der Waals surface area contributed by atoms with Gasteiger partial charge in [0.05, 0.1) is 0 Å². The summed E-state index contributed by atoms with van der Waals surface area (Å²) in [6, 6.07) is 9.09. The van der Waals surface area contributed by atoms with Crippen LogP contribution in [0.15, 0.2) is 24.3 Å². The Morgan fingerprint density at radius 3 is 2.33 bits per heavy atom. The van der Waals surface area contributed by atoms with Crippen molar-refractivity contribution in [2.45, 2.75) is 40.8 Å². The molecule has 0 saturated heterocycles. The van der Waals surface area contributed by atoms with Crippen molar-refractivity contribution < 1.29 is 0 Å². The van der Waals surface area contributed by atoms with Gasteiger partial charge in [-0.2, -0.15) is 0 Å². The number of benzene rings is 1. The zero-order chi connectivity index (χ0) is 15.4. The van der Waals surface area contributed by atoms with E-state index < -0.39 is 0 Å². The van der Waals surface area contributed by atoms with Crippen molar-refractivity contribution in [1.29, 1.82) is 0 Å². The monoisotopic (exact) mass is 302 g/mol. The van der Waals surface area contributed by atoms with E-state index in [1.54, 1.807) is 0 Å². The summed E-state index contributed by atoms with van der Waals surface area (Å²) >= 11 is 1.91. The number of thiophene rings is 1. The van der Waals surface area contributed by atoms with Crippen LogP contribution in [-0.4, -0.2) is 13.6 Å². The Hall–Kier alpha value is -1.32. The van der Waals surface area contributed by atoms with E-state index in [4.69, 9.17) is 0 Å². The van der Waals surface area contributed by atoms with Gasteiger partial charge in [-0.15, -0.1) is 11.3 Å². The lowest BCUT2D eigenvalue weighted by Gasteiger charge is -2.20. The zero-order valence-corrected chi connectivity index (χ0v) is 14.6. The maximum absolute atomic E-state index is 3.40. The first kappa shape index (κ1) is 16.1. The van der Waals surface area contributed by atoms with E-state index in [0.717, 1.165) is 19.6 Å². The largest absolute Gasteiger partial charge is 0.370 e. The summed E-state index contributed by atoms with van der Waals surface area (Å²) in [6.45, 7) is 11.7. The van der Waals surface area contributed by atoms with Crippen LogP contribution in [0.3, 0.4) is 0 Å². The van der Waals surface area contributed by atoms with Crippen molar-refractivity contribution >= 4 is 17.0 Å². The van der Waals surface area contributed by atoms with E-state index in [9.17, 15) is 0 Å². The minimum atomic E-state index is 0.970. The molecule has 1 heterocycles. The molecule has 0 bridgehead atoms. The number of aryl methyl sites for hydroxylation is 3. The number of nitrogens with zero attached hydrogens (tertiary/aromatic N) is 1. The summed E-state index contributed by atoms with van der Waals surface area (Å²) in [5.41, 5.74) is 5.39. The van der Waals surface area contributed by atoms with Crippen LogP contribution in [0.25, 0.3) is 0 Å². The molecule has 0 aliphatic carbocycles. The van der Waals surface area contributed by atoms with Crippen molar-refractivity contribution in [3.05, 3.63) is 50.7 Å². The van der Waals surface area contributed by atoms with Crippen molar-refractivity contribution in [3.63, 3.8) is 0 Å². The molecular formula is C18H26N2S. The average Bonchev–Trinajstić information content (AvgIpc) is 2.76. The van der Waals surface area contributed by atoms with Gasteiger partial charge in [0.1, 0.15) is 0 Å². The van der Waals surface area contributed by atoms with Gasteiger partial charge in [-0.3, -0.25) is 0 Å². The second kappa shape index (κ2) is 7.10. The van der Waals surface area contributed by atoms with E-state index in [1.807, 2.05) is 11.3 Å². The number of nitrogens with one attached hydrogen (secondary N) is 1. The number of rotatable bonds is 6. The lowest BCUT2D eigenvalue weighted by Crippen LogP contribution is -2.16. The minimum absolute atomic E-state index is 0.970. The highest BCUT2D eigenvalue weighted by atomic mass is 32.1. The van der Waals surface area contributed by atoms with Gasteiger partial charge in [-0.05, 0) is 62.2 Å². The Kier molecular flexibility index (Phi) is 5.43. The first-order chi connectivity index (χ1) is 9.99.